The van der Waals surface area contributed by atoms with Gasteiger partial charge in [0, 0.05) is 15.2 Å². The summed E-state index contributed by atoms with van der Waals surface area (Å²) in [6.07, 6.45) is 0. The fourth-order valence-electron chi connectivity index (χ4n) is 3.08. The molecular formula is C22H14BrClN2O2. The second kappa shape index (κ2) is 7.62. The first-order valence-electron chi connectivity index (χ1n) is 8.51. The molecule has 2 amide bonds. The highest BCUT2D eigenvalue weighted by atomic mass is 79.9. The zero-order valence-corrected chi connectivity index (χ0v) is 16.9. The minimum Gasteiger partial charge on any atom is -0.350 e. The Balaban J connectivity index is 1.83. The third-order valence-electron chi connectivity index (χ3n) is 4.31. The maximum atomic E-state index is 13.3. The van der Waals surface area contributed by atoms with Gasteiger partial charge in [0.05, 0.1) is 11.3 Å². The molecule has 1 aliphatic rings. The van der Waals surface area contributed by atoms with Crippen molar-refractivity contribution in [3.8, 4) is 0 Å². The summed E-state index contributed by atoms with van der Waals surface area (Å²) in [6, 6.07) is 23.3. The topological polar surface area (TPSA) is 49.4 Å². The number of carbonyl (C=O) groups excluding carboxylic acids is 2. The van der Waals surface area contributed by atoms with Gasteiger partial charge in [-0.2, -0.15) is 0 Å². The number of hydrogen-bond acceptors (Lipinski definition) is 3. The van der Waals surface area contributed by atoms with Crippen molar-refractivity contribution in [3.05, 3.63) is 99.6 Å². The lowest BCUT2D eigenvalue weighted by molar-refractivity contribution is -0.120. The van der Waals surface area contributed by atoms with Crippen molar-refractivity contribution in [1.29, 1.82) is 0 Å². The third kappa shape index (κ3) is 3.46. The Hall–Kier alpha value is -2.89. The van der Waals surface area contributed by atoms with Crippen molar-refractivity contribution in [3.63, 3.8) is 0 Å². The molecule has 1 N–H and O–H groups in total. The second-order valence-corrected chi connectivity index (χ2v) is 7.53. The van der Waals surface area contributed by atoms with Crippen LogP contribution in [-0.2, 0) is 9.59 Å². The fourth-order valence-corrected chi connectivity index (χ4v) is 3.66. The van der Waals surface area contributed by atoms with Crippen LogP contribution in [0.2, 0.25) is 5.02 Å². The normalized spacial score (nSPS) is 14.0. The van der Waals surface area contributed by atoms with E-state index < -0.39 is 11.8 Å². The summed E-state index contributed by atoms with van der Waals surface area (Å²) in [5, 5.41) is 3.58. The van der Waals surface area contributed by atoms with E-state index in [2.05, 4.69) is 21.2 Å². The number of nitrogens with zero attached hydrogens (tertiary/aromatic N) is 1. The van der Waals surface area contributed by atoms with Crippen LogP contribution in [0.4, 0.5) is 11.4 Å². The molecule has 0 aromatic heterocycles. The Morgan fingerprint density at radius 1 is 0.821 bits per heavy atom. The maximum Gasteiger partial charge on any atom is 0.282 e. The quantitative estimate of drug-likeness (QED) is 0.531. The first-order chi connectivity index (χ1) is 13.5. The molecule has 1 aliphatic heterocycles. The van der Waals surface area contributed by atoms with Crippen LogP contribution in [0.3, 0.4) is 0 Å². The van der Waals surface area contributed by atoms with Crippen molar-refractivity contribution in [2.24, 2.45) is 0 Å². The number of halogens is 2. The Morgan fingerprint density at radius 2 is 1.57 bits per heavy atom. The number of rotatable bonds is 4. The van der Waals surface area contributed by atoms with Gasteiger partial charge in [-0.05, 0) is 42.0 Å². The minimum absolute atomic E-state index is 0.231. The van der Waals surface area contributed by atoms with Crippen LogP contribution in [0.15, 0.2) is 89.0 Å². The molecule has 4 rings (SSSR count). The van der Waals surface area contributed by atoms with E-state index in [-0.39, 0.29) is 5.70 Å². The van der Waals surface area contributed by atoms with E-state index in [1.54, 1.807) is 24.3 Å². The molecule has 6 heteroatoms. The Morgan fingerprint density at radius 3 is 2.29 bits per heavy atom. The van der Waals surface area contributed by atoms with Gasteiger partial charge in [-0.25, -0.2) is 4.90 Å². The molecule has 0 bridgehead atoms. The average molecular weight is 454 g/mol. The highest BCUT2D eigenvalue weighted by molar-refractivity contribution is 9.10. The van der Waals surface area contributed by atoms with Gasteiger partial charge in [0.1, 0.15) is 5.70 Å². The summed E-state index contributed by atoms with van der Waals surface area (Å²) in [7, 11) is 0. The molecule has 4 nitrogen and oxygen atoms in total. The summed E-state index contributed by atoms with van der Waals surface area (Å²) in [5.74, 6) is -0.818. The van der Waals surface area contributed by atoms with Crippen molar-refractivity contribution < 1.29 is 9.59 Å². The van der Waals surface area contributed by atoms with Gasteiger partial charge in [-0.1, -0.05) is 70.0 Å². The summed E-state index contributed by atoms with van der Waals surface area (Å²) >= 11 is 9.49. The number of amides is 2. The van der Waals surface area contributed by atoms with E-state index in [0.717, 1.165) is 9.37 Å². The summed E-state index contributed by atoms with van der Waals surface area (Å²) in [6.45, 7) is 0. The van der Waals surface area contributed by atoms with Crippen molar-refractivity contribution in [1.82, 2.24) is 0 Å². The van der Waals surface area contributed by atoms with E-state index in [1.165, 1.54) is 0 Å². The van der Waals surface area contributed by atoms with Crippen LogP contribution in [0, 0.1) is 0 Å². The molecule has 28 heavy (non-hydrogen) atoms. The average Bonchev–Trinajstić information content (AvgIpc) is 2.92. The smallest absolute Gasteiger partial charge is 0.282 e. The van der Waals surface area contributed by atoms with Crippen molar-refractivity contribution in [2.75, 3.05) is 10.2 Å². The van der Waals surface area contributed by atoms with Crippen LogP contribution in [-0.4, -0.2) is 11.8 Å². The van der Waals surface area contributed by atoms with Crippen LogP contribution in [0.5, 0.6) is 0 Å². The van der Waals surface area contributed by atoms with Gasteiger partial charge in [0.2, 0.25) is 0 Å². The number of hydrogen-bond donors (Lipinski definition) is 1. The molecule has 0 atom stereocenters. The van der Waals surface area contributed by atoms with Gasteiger partial charge < -0.3 is 5.32 Å². The molecule has 0 saturated heterocycles. The first kappa shape index (κ1) is 18.5. The molecule has 0 fully saturated rings. The Labute approximate surface area is 175 Å². The predicted molar refractivity (Wildman–Crippen MR) is 115 cm³/mol. The fraction of sp³-hybridized carbons (Fsp3) is 0. The van der Waals surface area contributed by atoms with E-state index in [4.69, 9.17) is 11.6 Å². The van der Waals surface area contributed by atoms with Crippen LogP contribution in [0.25, 0.3) is 5.57 Å². The summed E-state index contributed by atoms with van der Waals surface area (Å²) in [5.41, 5.74) is 2.36. The Kier molecular flexibility index (Phi) is 5.03. The van der Waals surface area contributed by atoms with E-state index >= 15 is 0 Å². The molecule has 0 aliphatic carbocycles. The van der Waals surface area contributed by atoms with E-state index in [1.807, 2.05) is 54.6 Å². The third-order valence-corrected chi connectivity index (χ3v) is 5.04. The standard InChI is InChI=1S/C22H14BrClN2O2/c23-15-8-4-10-17(12-15)25-20-19(14-6-2-1-3-7-14)21(27)26(22(20)28)18-11-5-9-16(24)13-18/h1-13,25H. The number of anilines is 2. The van der Waals surface area contributed by atoms with Gasteiger partial charge in [0.25, 0.3) is 11.8 Å². The van der Waals surface area contributed by atoms with Gasteiger partial charge >= 0.3 is 0 Å². The lowest BCUT2D eigenvalue weighted by Gasteiger charge is -2.15. The summed E-state index contributed by atoms with van der Waals surface area (Å²) in [4.78, 5) is 27.6. The monoisotopic (exact) mass is 452 g/mol. The number of carbonyl (C=O) groups is 2. The molecule has 3 aromatic carbocycles. The second-order valence-electron chi connectivity index (χ2n) is 6.18. The van der Waals surface area contributed by atoms with E-state index in [0.29, 0.717) is 27.5 Å². The highest BCUT2D eigenvalue weighted by Gasteiger charge is 2.40. The van der Waals surface area contributed by atoms with Crippen LogP contribution >= 0.6 is 27.5 Å². The summed E-state index contributed by atoms with van der Waals surface area (Å²) < 4.78 is 0.864. The molecule has 1 heterocycles. The molecular weight excluding hydrogens is 440 g/mol. The molecule has 3 aromatic rings. The highest BCUT2D eigenvalue weighted by Crippen LogP contribution is 2.34. The van der Waals surface area contributed by atoms with Crippen LogP contribution < -0.4 is 10.2 Å². The zero-order chi connectivity index (χ0) is 19.7. The molecule has 0 unspecified atom stereocenters. The van der Waals surface area contributed by atoms with Crippen molar-refractivity contribution in [2.45, 2.75) is 0 Å². The predicted octanol–water partition coefficient (Wildman–Crippen LogP) is 5.50. The van der Waals surface area contributed by atoms with Gasteiger partial charge in [-0.15, -0.1) is 0 Å². The Bertz CT molecular complexity index is 1110. The van der Waals surface area contributed by atoms with Gasteiger partial charge in [-0.3, -0.25) is 9.59 Å². The molecule has 138 valence electrons. The van der Waals surface area contributed by atoms with Crippen molar-refractivity contribution >= 4 is 56.3 Å². The zero-order valence-electron chi connectivity index (χ0n) is 14.5. The molecule has 0 spiro atoms. The lowest BCUT2D eigenvalue weighted by atomic mass is 10.0. The van der Waals surface area contributed by atoms with Crippen LogP contribution in [0.1, 0.15) is 5.56 Å². The first-order valence-corrected chi connectivity index (χ1v) is 9.68. The molecule has 0 saturated carbocycles. The maximum absolute atomic E-state index is 13.3. The lowest BCUT2D eigenvalue weighted by Crippen LogP contribution is -2.32. The molecule has 0 radical (unpaired) electrons. The number of benzene rings is 3. The largest absolute Gasteiger partial charge is 0.350 e. The number of imide groups is 1. The van der Waals surface area contributed by atoms with E-state index in [9.17, 15) is 9.59 Å². The SMILES string of the molecule is O=C1C(Nc2cccc(Br)c2)=C(c2ccccc2)C(=O)N1c1cccc(Cl)c1. The minimum atomic E-state index is -0.425. The van der Waals surface area contributed by atoms with Gasteiger partial charge in [0.15, 0.2) is 0 Å². The number of nitrogens with one attached hydrogen (secondary N) is 1.